The van der Waals surface area contributed by atoms with Gasteiger partial charge in [-0.1, -0.05) is 185 Å². The summed E-state index contributed by atoms with van der Waals surface area (Å²) in [5, 5.41) is 7.61. The summed E-state index contributed by atoms with van der Waals surface area (Å²) in [7, 11) is 0. The van der Waals surface area contributed by atoms with Crippen LogP contribution in [0.4, 0.5) is 0 Å². The maximum atomic E-state index is 2.46. The normalized spacial score (nSPS) is 11.8. The summed E-state index contributed by atoms with van der Waals surface area (Å²) in [5.41, 5.74) is 13.7. The number of hydrogen-bond acceptors (Lipinski definition) is 0. The Kier molecular flexibility index (Phi) is 7.82. The lowest BCUT2D eigenvalue weighted by Gasteiger charge is -2.24. The van der Waals surface area contributed by atoms with E-state index in [-0.39, 0.29) is 5.41 Å². The van der Waals surface area contributed by atoms with Crippen LogP contribution < -0.4 is 0 Å². The second-order valence-corrected chi connectivity index (χ2v) is 14.9. The van der Waals surface area contributed by atoms with Crippen LogP contribution in [-0.4, -0.2) is 0 Å². The van der Waals surface area contributed by atoms with Crippen LogP contribution in [0, 0.1) is 0 Å². The van der Waals surface area contributed by atoms with Crippen LogP contribution in [0.3, 0.4) is 0 Å². The van der Waals surface area contributed by atoms with Gasteiger partial charge in [-0.25, -0.2) is 0 Å². The fourth-order valence-electron chi connectivity index (χ4n) is 7.92. The number of rotatable bonds is 5. The molecule has 0 unspecified atom stereocenters. The molecular weight excluding hydrogens is 625 g/mol. The quantitative estimate of drug-likeness (QED) is 0.161. The smallest absolute Gasteiger partial charge is 0.00200 e. The van der Waals surface area contributed by atoms with Gasteiger partial charge in [-0.05, 0) is 123 Å². The number of hydrogen-bond donors (Lipinski definition) is 0. The predicted octanol–water partition coefficient (Wildman–Crippen LogP) is 14.8. The van der Waals surface area contributed by atoms with E-state index in [1.807, 2.05) is 0 Å². The molecule has 0 radical (unpaired) electrons. The average molecular weight is 665 g/mol. The zero-order chi connectivity index (χ0) is 35.2. The molecule has 0 saturated heterocycles. The predicted molar refractivity (Wildman–Crippen MR) is 225 cm³/mol. The molecule has 0 nitrogen and oxygen atoms in total. The molecule has 9 aromatic rings. The fourth-order valence-corrected chi connectivity index (χ4v) is 7.92. The molecule has 0 aliphatic rings. The van der Waals surface area contributed by atoms with Crippen LogP contribution in [0.1, 0.15) is 26.3 Å². The summed E-state index contributed by atoms with van der Waals surface area (Å²) in [6, 6.07) is 69.3. The summed E-state index contributed by atoms with van der Waals surface area (Å²) < 4.78 is 0. The van der Waals surface area contributed by atoms with Crippen molar-refractivity contribution in [3.8, 4) is 55.6 Å². The third kappa shape index (κ3) is 5.67. The Morgan fingerprint density at radius 3 is 1.56 bits per heavy atom. The van der Waals surface area contributed by atoms with Gasteiger partial charge >= 0.3 is 0 Å². The van der Waals surface area contributed by atoms with Gasteiger partial charge in [0.1, 0.15) is 0 Å². The van der Waals surface area contributed by atoms with E-state index >= 15 is 0 Å². The minimum absolute atomic E-state index is 0.00233. The molecule has 0 bridgehead atoms. The highest BCUT2D eigenvalue weighted by Gasteiger charge is 2.22. The van der Waals surface area contributed by atoms with E-state index in [2.05, 4.69) is 209 Å². The number of benzene rings is 9. The summed E-state index contributed by atoms with van der Waals surface area (Å²) in [6.07, 6.45) is 0. The van der Waals surface area contributed by atoms with Gasteiger partial charge in [0.2, 0.25) is 0 Å². The van der Waals surface area contributed by atoms with Crippen molar-refractivity contribution in [1.29, 1.82) is 0 Å². The van der Waals surface area contributed by atoms with Crippen molar-refractivity contribution in [1.82, 2.24) is 0 Å². The molecule has 9 rings (SSSR count). The van der Waals surface area contributed by atoms with Gasteiger partial charge in [0.05, 0.1) is 0 Å². The first kappa shape index (κ1) is 31.7. The fraction of sp³-hybridized carbons (Fsp3) is 0.0769. The van der Waals surface area contributed by atoms with Gasteiger partial charge in [-0.15, -0.1) is 0 Å². The largest absolute Gasteiger partial charge is 0.0622 e. The molecule has 52 heavy (non-hydrogen) atoms. The third-order valence-corrected chi connectivity index (χ3v) is 10.6. The maximum absolute atomic E-state index is 2.46. The third-order valence-electron chi connectivity index (χ3n) is 10.6. The maximum Gasteiger partial charge on any atom is -0.00200 e. The van der Waals surface area contributed by atoms with Crippen molar-refractivity contribution in [3.05, 3.63) is 194 Å². The lowest BCUT2D eigenvalue weighted by molar-refractivity contribution is 0.591. The van der Waals surface area contributed by atoms with Crippen LogP contribution >= 0.6 is 0 Å². The molecule has 0 amide bonds. The standard InChI is InChI=1S/C52H40/c1-52(2,3)43-29-30-48-49(34-43)51(47-26-12-11-25-46(47)50(48)42-28-27-36-17-7-8-18-37(36)33-42)45-24-10-9-23-44(45)41-22-14-21-40(32-41)39-20-13-19-38(31-39)35-15-5-4-6-16-35/h4-34H,1-3H3. The highest BCUT2D eigenvalue weighted by molar-refractivity contribution is 6.23. The van der Waals surface area contributed by atoms with Crippen molar-refractivity contribution in [2.45, 2.75) is 26.2 Å². The van der Waals surface area contributed by atoms with E-state index < -0.39 is 0 Å². The van der Waals surface area contributed by atoms with Gasteiger partial charge in [0.25, 0.3) is 0 Å². The van der Waals surface area contributed by atoms with Gasteiger partial charge in [-0.3, -0.25) is 0 Å². The molecule has 0 aromatic heterocycles. The Morgan fingerprint density at radius 2 is 0.827 bits per heavy atom. The van der Waals surface area contributed by atoms with Crippen LogP contribution in [0.25, 0.3) is 88.0 Å². The minimum Gasteiger partial charge on any atom is -0.0622 e. The summed E-state index contributed by atoms with van der Waals surface area (Å²) in [5.74, 6) is 0. The summed E-state index contributed by atoms with van der Waals surface area (Å²) >= 11 is 0. The highest BCUT2D eigenvalue weighted by atomic mass is 14.3. The van der Waals surface area contributed by atoms with E-state index in [4.69, 9.17) is 0 Å². The van der Waals surface area contributed by atoms with E-state index in [0.29, 0.717) is 0 Å². The van der Waals surface area contributed by atoms with Crippen LogP contribution in [-0.2, 0) is 5.41 Å². The first-order chi connectivity index (χ1) is 25.4. The molecule has 0 atom stereocenters. The lowest BCUT2D eigenvalue weighted by atomic mass is 9.80. The molecule has 0 N–H and O–H groups in total. The molecule has 0 aliphatic carbocycles. The molecule has 0 saturated carbocycles. The average Bonchev–Trinajstić information content (AvgIpc) is 3.19. The topological polar surface area (TPSA) is 0 Å². The Labute approximate surface area is 306 Å². The second kappa shape index (κ2) is 12.8. The molecule has 0 heterocycles. The van der Waals surface area contributed by atoms with Gasteiger partial charge < -0.3 is 0 Å². The molecule has 0 heteroatoms. The molecule has 0 spiro atoms. The summed E-state index contributed by atoms with van der Waals surface area (Å²) in [6.45, 7) is 6.93. The van der Waals surface area contributed by atoms with E-state index in [9.17, 15) is 0 Å². The first-order valence-corrected chi connectivity index (χ1v) is 18.3. The molecular formula is C52H40. The first-order valence-electron chi connectivity index (χ1n) is 18.3. The molecule has 0 aliphatic heterocycles. The van der Waals surface area contributed by atoms with E-state index in [1.165, 1.54) is 93.5 Å². The molecule has 248 valence electrons. The van der Waals surface area contributed by atoms with Crippen molar-refractivity contribution in [3.63, 3.8) is 0 Å². The highest BCUT2D eigenvalue weighted by Crippen LogP contribution is 2.47. The number of fused-ring (bicyclic) bond motifs is 3. The molecule has 9 aromatic carbocycles. The Balaban J connectivity index is 1.29. The monoisotopic (exact) mass is 664 g/mol. The Bertz CT molecular complexity index is 2760. The zero-order valence-corrected chi connectivity index (χ0v) is 29.9. The summed E-state index contributed by atoms with van der Waals surface area (Å²) in [4.78, 5) is 0. The van der Waals surface area contributed by atoms with Crippen LogP contribution in [0.5, 0.6) is 0 Å². The van der Waals surface area contributed by atoms with Crippen molar-refractivity contribution in [2.24, 2.45) is 0 Å². The Morgan fingerprint density at radius 1 is 0.288 bits per heavy atom. The van der Waals surface area contributed by atoms with Gasteiger partial charge in [-0.2, -0.15) is 0 Å². The van der Waals surface area contributed by atoms with Gasteiger partial charge in [0, 0.05) is 0 Å². The van der Waals surface area contributed by atoms with E-state index in [0.717, 1.165) is 0 Å². The van der Waals surface area contributed by atoms with Crippen molar-refractivity contribution in [2.75, 3.05) is 0 Å². The minimum atomic E-state index is 0.00233. The zero-order valence-electron chi connectivity index (χ0n) is 29.9. The van der Waals surface area contributed by atoms with Gasteiger partial charge in [0.15, 0.2) is 0 Å². The van der Waals surface area contributed by atoms with E-state index in [1.54, 1.807) is 0 Å². The van der Waals surface area contributed by atoms with Crippen LogP contribution in [0.15, 0.2) is 188 Å². The lowest BCUT2D eigenvalue weighted by Crippen LogP contribution is -2.10. The van der Waals surface area contributed by atoms with Crippen LogP contribution in [0.2, 0.25) is 0 Å². The Hall–Kier alpha value is -6.24. The second-order valence-electron chi connectivity index (χ2n) is 14.9. The van der Waals surface area contributed by atoms with Crippen molar-refractivity contribution < 1.29 is 0 Å². The SMILES string of the molecule is CC(C)(C)c1ccc2c(-c3ccc4ccccc4c3)c3ccccc3c(-c3ccccc3-c3cccc(-c4cccc(-c5ccccc5)c4)c3)c2c1. The van der Waals surface area contributed by atoms with Crippen molar-refractivity contribution >= 4 is 32.3 Å². The molecule has 0 fully saturated rings.